The average Bonchev–Trinajstić information content (AvgIpc) is 3.26. The standard InChI is InChI=1S/C22H24N4O3S/c1-30(28,29)16-21-24-18-8-3-5-10-20(18)26(21)15-22(27)23-12-6-13-25-14-11-17-7-2-4-9-19(17)25/h2-5,7-11,14H,6,12-13,15-16H2,1H3,(H,23,27). The minimum atomic E-state index is -3.26. The Labute approximate surface area is 175 Å². The lowest BCUT2D eigenvalue weighted by molar-refractivity contribution is -0.121. The highest BCUT2D eigenvalue weighted by Crippen LogP contribution is 2.18. The molecule has 0 aliphatic heterocycles. The Morgan fingerprint density at radius 2 is 1.77 bits per heavy atom. The van der Waals surface area contributed by atoms with E-state index in [-0.39, 0.29) is 18.2 Å². The minimum Gasteiger partial charge on any atom is -0.354 e. The first kappa shape index (κ1) is 20.2. The van der Waals surface area contributed by atoms with Crippen molar-refractivity contribution in [1.82, 2.24) is 19.4 Å². The maximum Gasteiger partial charge on any atom is 0.240 e. The lowest BCUT2D eigenvalue weighted by Crippen LogP contribution is -2.29. The lowest BCUT2D eigenvalue weighted by atomic mass is 10.2. The van der Waals surface area contributed by atoms with Crippen LogP contribution in [-0.4, -0.2) is 41.2 Å². The van der Waals surface area contributed by atoms with Crippen LogP contribution in [0.1, 0.15) is 12.2 Å². The summed E-state index contributed by atoms with van der Waals surface area (Å²) in [5.74, 6) is 0.0216. The number of aromatic nitrogens is 3. The van der Waals surface area contributed by atoms with E-state index >= 15 is 0 Å². The van der Waals surface area contributed by atoms with E-state index in [9.17, 15) is 13.2 Å². The van der Waals surface area contributed by atoms with E-state index in [1.54, 1.807) is 4.57 Å². The summed E-state index contributed by atoms with van der Waals surface area (Å²) < 4.78 is 27.4. The fourth-order valence-corrected chi connectivity index (χ4v) is 4.35. The maximum atomic E-state index is 12.5. The second-order valence-electron chi connectivity index (χ2n) is 7.44. The van der Waals surface area contributed by atoms with E-state index in [1.165, 1.54) is 17.2 Å². The number of rotatable bonds is 8. The summed E-state index contributed by atoms with van der Waals surface area (Å²) >= 11 is 0. The molecule has 30 heavy (non-hydrogen) atoms. The van der Waals surface area contributed by atoms with Crippen LogP contribution in [0.15, 0.2) is 60.8 Å². The Morgan fingerprint density at radius 1 is 1.03 bits per heavy atom. The number of hydrogen-bond donors (Lipinski definition) is 1. The Balaban J connectivity index is 1.39. The van der Waals surface area contributed by atoms with Crippen LogP contribution < -0.4 is 5.32 Å². The third-order valence-corrected chi connectivity index (χ3v) is 5.79. The Morgan fingerprint density at radius 3 is 2.57 bits per heavy atom. The molecule has 4 aromatic rings. The molecule has 0 atom stereocenters. The molecular formula is C22H24N4O3S. The van der Waals surface area contributed by atoms with Gasteiger partial charge in [-0.2, -0.15) is 0 Å². The molecule has 8 heteroatoms. The number of sulfone groups is 1. The largest absolute Gasteiger partial charge is 0.354 e. The Kier molecular flexibility index (Phi) is 5.59. The molecule has 2 aromatic heterocycles. The van der Waals surface area contributed by atoms with E-state index in [0.717, 1.165) is 18.5 Å². The predicted octanol–water partition coefficient (Wildman–Crippen LogP) is 2.74. The van der Waals surface area contributed by atoms with E-state index in [0.29, 0.717) is 17.9 Å². The van der Waals surface area contributed by atoms with Gasteiger partial charge in [0, 0.05) is 31.1 Å². The smallest absolute Gasteiger partial charge is 0.240 e. The van der Waals surface area contributed by atoms with Crippen molar-refractivity contribution < 1.29 is 13.2 Å². The van der Waals surface area contributed by atoms with Crippen molar-refractivity contribution >= 4 is 37.7 Å². The van der Waals surface area contributed by atoms with Crippen molar-refractivity contribution in [1.29, 1.82) is 0 Å². The Bertz CT molecular complexity index is 1300. The van der Waals surface area contributed by atoms with E-state index < -0.39 is 9.84 Å². The maximum absolute atomic E-state index is 12.5. The van der Waals surface area contributed by atoms with Crippen molar-refractivity contribution in [3.05, 3.63) is 66.6 Å². The molecule has 156 valence electrons. The van der Waals surface area contributed by atoms with Gasteiger partial charge >= 0.3 is 0 Å². The quantitative estimate of drug-likeness (QED) is 0.441. The number of amides is 1. The summed E-state index contributed by atoms with van der Waals surface area (Å²) in [6.07, 6.45) is 4.02. The number of carbonyl (C=O) groups excluding carboxylic acids is 1. The first-order valence-electron chi connectivity index (χ1n) is 9.83. The van der Waals surface area contributed by atoms with Crippen LogP contribution >= 0.6 is 0 Å². The molecule has 2 aromatic carbocycles. The van der Waals surface area contributed by atoms with Gasteiger partial charge in [-0.15, -0.1) is 0 Å². The highest BCUT2D eigenvalue weighted by Gasteiger charge is 2.17. The van der Waals surface area contributed by atoms with Crippen LogP contribution in [0.5, 0.6) is 0 Å². The summed E-state index contributed by atoms with van der Waals surface area (Å²) in [4.78, 5) is 16.9. The number of nitrogens with one attached hydrogen (secondary N) is 1. The molecule has 0 saturated heterocycles. The fourth-order valence-electron chi connectivity index (χ4n) is 3.66. The van der Waals surface area contributed by atoms with Crippen LogP contribution in [0.25, 0.3) is 21.9 Å². The number of nitrogens with zero attached hydrogens (tertiary/aromatic N) is 3. The second kappa shape index (κ2) is 8.31. The van der Waals surface area contributed by atoms with E-state index in [1.807, 2.05) is 36.4 Å². The Hall–Kier alpha value is -3.13. The van der Waals surface area contributed by atoms with Gasteiger partial charge in [0.05, 0.1) is 11.0 Å². The molecule has 1 amide bonds. The summed E-state index contributed by atoms with van der Waals surface area (Å²) in [6.45, 7) is 1.39. The molecular weight excluding hydrogens is 400 g/mol. The molecule has 0 bridgehead atoms. The van der Waals surface area contributed by atoms with Gasteiger partial charge in [-0.05, 0) is 36.1 Å². The number of aryl methyl sites for hydroxylation is 1. The van der Waals surface area contributed by atoms with Crippen LogP contribution in [0, 0.1) is 0 Å². The van der Waals surface area contributed by atoms with Gasteiger partial charge < -0.3 is 14.5 Å². The van der Waals surface area contributed by atoms with Crippen LogP contribution in [0.3, 0.4) is 0 Å². The van der Waals surface area contributed by atoms with Crippen molar-refractivity contribution in [2.75, 3.05) is 12.8 Å². The van der Waals surface area contributed by atoms with Gasteiger partial charge in [0.1, 0.15) is 18.1 Å². The van der Waals surface area contributed by atoms with Gasteiger partial charge in [-0.1, -0.05) is 30.3 Å². The normalized spacial score (nSPS) is 11.9. The molecule has 7 nitrogen and oxygen atoms in total. The second-order valence-corrected chi connectivity index (χ2v) is 9.58. The summed E-state index contributed by atoms with van der Waals surface area (Å²) in [6, 6.07) is 17.6. The lowest BCUT2D eigenvalue weighted by Gasteiger charge is -2.10. The number of imidazole rings is 1. The molecule has 0 unspecified atom stereocenters. The summed E-state index contributed by atoms with van der Waals surface area (Å²) in [5, 5.41) is 4.14. The third kappa shape index (κ3) is 4.54. The molecule has 4 rings (SSSR count). The van der Waals surface area contributed by atoms with Gasteiger partial charge in [0.2, 0.25) is 5.91 Å². The first-order chi connectivity index (χ1) is 14.4. The minimum absolute atomic E-state index is 0.0395. The molecule has 0 saturated carbocycles. The molecule has 0 aliphatic carbocycles. The number of para-hydroxylation sites is 3. The van der Waals surface area contributed by atoms with E-state index in [2.05, 4.69) is 39.3 Å². The van der Waals surface area contributed by atoms with Crippen LogP contribution in [0.4, 0.5) is 0 Å². The molecule has 2 heterocycles. The molecule has 0 aliphatic rings. The zero-order valence-corrected chi connectivity index (χ0v) is 17.6. The van der Waals surface area contributed by atoms with Crippen LogP contribution in [-0.2, 0) is 33.5 Å². The molecule has 1 N–H and O–H groups in total. The van der Waals surface area contributed by atoms with Crippen molar-refractivity contribution in [3.8, 4) is 0 Å². The topological polar surface area (TPSA) is 86.0 Å². The third-order valence-electron chi connectivity index (χ3n) is 5.00. The highest BCUT2D eigenvalue weighted by molar-refractivity contribution is 7.89. The monoisotopic (exact) mass is 424 g/mol. The van der Waals surface area contributed by atoms with Gasteiger partial charge in [0.15, 0.2) is 9.84 Å². The number of fused-ring (bicyclic) bond motifs is 2. The van der Waals surface area contributed by atoms with Crippen molar-refractivity contribution in [2.24, 2.45) is 0 Å². The van der Waals surface area contributed by atoms with Crippen molar-refractivity contribution in [2.45, 2.75) is 25.3 Å². The molecule has 0 fully saturated rings. The number of hydrogen-bond acceptors (Lipinski definition) is 4. The fraction of sp³-hybridized carbons (Fsp3) is 0.273. The van der Waals surface area contributed by atoms with Gasteiger partial charge in [-0.25, -0.2) is 13.4 Å². The van der Waals surface area contributed by atoms with Gasteiger partial charge in [0.25, 0.3) is 0 Å². The SMILES string of the molecule is CS(=O)(=O)Cc1nc2ccccc2n1CC(=O)NCCCn1ccc2ccccc21. The van der Waals surface area contributed by atoms with Gasteiger partial charge in [-0.3, -0.25) is 4.79 Å². The zero-order valence-electron chi connectivity index (χ0n) is 16.8. The van der Waals surface area contributed by atoms with Crippen molar-refractivity contribution in [3.63, 3.8) is 0 Å². The summed E-state index contributed by atoms with van der Waals surface area (Å²) in [5.41, 5.74) is 2.62. The highest BCUT2D eigenvalue weighted by atomic mass is 32.2. The van der Waals surface area contributed by atoms with E-state index in [4.69, 9.17) is 0 Å². The summed E-state index contributed by atoms with van der Waals surface area (Å²) in [7, 11) is -3.26. The zero-order chi connectivity index (χ0) is 21.1. The first-order valence-corrected chi connectivity index (χ1v) is 11.9. The number of carbonyl (C=O) groups is 1. The molecule has 0 spiro atoms. The van der Waals surface area contributed by atoms with Crippen LogP contribution in [0.2, 0.25) is 0 Å². The predicted molar refractivity (Wildman–Crippen MR) is 118 cm³/mol. The number of benzene rings is 2. The molecule has 0 radical (unpaired) electrons. The average molecular weight is 425 g/mol.